The van der Waals surface area contributed by atoms with E-state index in [9.17, 15) is 20.1 Å². The van der Waals surface area contributed by atoms with Crippen molar-refractivity contribution in [1.82, 2.24) is 0 Å². The second-order valence-electron chi connectivity index (χ2n) is 7.46. The molecule has 0 amide bonds. The maximum absolute atomic E-state index is 12.3. The third-order valence-corrected chi connectivity index (χ3v) is 5.34. The van der Waals surface area contributed by atoms with Crippen LogP contribution in [0.25, 0.3) is 17.0 Å². The van der Waals surface area contributed by atoms with Crippen molar-refractivity contribution < 1.29 is 24.5 Å². The van der Waals surface area contributed by atoms with Crippen molar-refractivity contribution >= 4 is 17.0 Å². The Hall–Kier alpha value is -3.09. The third kappa shape index (κ3) is 3.52. The summed E-state index contributed by atoms with van der Waals surface area (Å²) in [5, 5.41) is 30.6. The molecular weight excluding hydrogens is 372 g/mol. The van der Waals surface area contributed by atoms with E-state index in [4.69, 9.17) is 9.15 Å². The van der Waals surface area contributed by atoms with Gasteiger partial charge in [0.1, 0.15) is 40.4 Å². The van der Waals surface area contributed by atoms with Crippen LogP contribution in [0.1, 0.15) is 30.2 Å². The smallest absolute Gasteiger partial charge is 0.196 e. The van der Waals surface area contributed by atoms with Gasteiger partial charge in [-0.15, -0.1) is 0 Å². The topological polar surface area (TPSA) is 100 Å². The third-order valence-electron chi connectivity index (χ3n) is 5.34. The van der Waals surface area contributed by atoms with Crippen LogP contribution in [-0.4, -0.2) is 27.0 Å². The highest BCUT2D eigenvalue weighted by atomic mass is 16.5. The number of hydrogen-bond acceptors (Lipinski definition) is 6. The van der Waals surface area contributed by atoms with Gasteiger partial charge < -0.3 is 24.5 Å². The molecule has 0 bridgehead atoms. The van der Waals surface area contributed by atoms with E-state index in [0.717, 1.165) is 11.6 Å². The van der Waals surface area contributed by atoms with Crippen molar-refractivity contribution in [2.45, 2.75) is 38.1 Å². The number of aliphatic hydroxyl groups excluding tert-OH is 2. The molecule has 2 atom stereocenters. The van der Waals surface area contributed by atoms with Gasteiger partial charge in [0, 0.05) is 30.5 Å². The number of aliphatic hydroxyl groups is 2. The maximum atomic E-state index is 12.3. The van der Waals surface area contributed by atoms with Crippen LogP contribution < -0.4 is 10.2 Å². The molecule has 2 aromatic carbocycles. The highest BCUT2D eigenvalue weighted by Gasteiger charge is 2.40. The molecule has 1 aromatic heterocycles. The summed E-state index contributed by atoms with van der Waals surface area (Å²) >= 11 is 0. The highest BCUT2D eigenvalue weighted by molar-refractivity contribution is 5.87. The molecule has 0 aliphatic carbocycles. The van der Waals surface area contributed by atoms with Gasteiger partial charge in [-0.1, -0.05) is 42.5 Å². The Kier molecular flexibility index (Phi) is 4.90. The van der Waals surface area contributed by atoms with Crippen molar-refractivity contribution in [1.29, 1.82) is 0 Å². The molecule has 0 saturated carbocycles. The first-order valence-electron chi connectivity index (χ1n) is 9.42. The van der Waals surface area contributed by atoms with E-state index in [-0.39, 0.29) is 28.9 Å². The van der Waals surface area contributed by atoms with Crippen LogP contribution in [0, 0.1) is 0 Å². The molecule has 0 radical (unpaired) electrons. The van der Waals surface area contributed by atoms with Crippen LogP contribution in [0.3, 0.4) is 0 Å². The molecule has 1 aliphatic rings. The Labute approximate surface area is 167 Å². The number of phenols is 1. The van der Waals surface area contributed by atoms with Crippen LogP contribution >= 0.6 is 0 Å². The van der Waals surface area contributed by atoms with Crippen molar-refractivity contribution in [2.24, 2.45) is 0 Å². The summed E-state index contributed by atoms with van der Waals surface area (Å²) < 4.78 is 11.6. The summed E-state index contributed by atoms with van der Waals surface area (Å²) in [5.74, 6) is 0.206. The highest BCUT2D eigenvalue weighted by Crippen LogP contribution is 2.43. The molecule has 0 fully saturated rings. The number of rotatable bonds is 4. The quantitative estimate of drug-likeness (QED) is 0.629. The fraction of sp³-hybridized carbons (Fsp3) is 0.261. The Balaban J connectivity index is 1.69. The number of phenolic OH excluding ortho intramolecular Hbond substituents is 1. The zero-order valence-electron chi connectivity index (χ0n) is 16.0. The van der Waals surface area contributed by atoms with Crippen LogP contribution in [0.5, 0.6) is 11.5 Å². The lowest BCUT2D eigenvalue weighted by molar-refractivity contribution is -0.0523. The molecule has 1 aliphatic heterocycles. The summed E-state index contributed by atoms with van der Waals surface area (Å²) in [4.78, 5) is 12.3. The Morgan fingerprint density at radius 1 is 1.24 bits per heavy atom. The lowest BCUT2D eigenvalue weighted by atomic mass is 9.86. The van der Waals surface area contributed by atoms with E-state index < -0.39 is 23.7 Å². The Morgan fingerprint density at radius 3 is 2.72 bits per heavy atom. The molecule has 0 saturated heterocycles. The molecule has 2 unspecified atom stereocenters. The number of ether oxygens (including phenoxy) is 1. The monoisotopic (exact) mass is 394 g/mol. The molecule has 29 heavy (non-hydrogen) atoms. The molecule has 6 nitrogen and oxygen atoms in total. The van der Waals surface area contributed by atoms with Crippen molar-refractivity contribution in [3.8, 4) is 11.5 Å². The van der Waals surface area contributed by atoms with Gasteiger partial charge in [-0.3, -0.25) is 4.79 Å². The van der Waals surface area contributed by atoms with E-state index in [2.05, 4.69) is 0 Å². The fourth-order valence-electron chi connectivity index (χ4n) is 3.64. The second kappa shape index (κ2) is 7.39. The first-order chi connectivity index (χ1) is 13.9. The van der Waals surface area contributed by atoms with Gasteiger partial charge in [0.05, 0.1) is 6.10 Å². The molecular formula is C23H22O6. The summed E-state index contributed by atoms with van der Waals surface area (Å²) in [7, 11) is 0. The lowest BCUT2D eigenvalue weighted by Crippen LogP contribution is -2.48. The van der Waals surface area contributed by atoms with Crippen molar-refractivity contribution in [3.05, 3.63) is 75.7 Å². The minimum Gasteiger partial charge on any atom is -0.507 e. The fourth-order valence-corrected chi connectivity index (χ4v) is 3.64. The van der Waals surface area contributed by atoms with Gasteiger partial charge in [0.25, 0.3) is 0 Å². The Bertz CT molecular complexity index is 1130. The van der Waals surface area contributed by atoms with E-state index in [1.807, 2.05) is 42.5 Å². The van der Waals surface area contributed by atoms with E-state index in [0.29, 0.717) is 17.7 Å². The minimum absolute atomic E-state index is 0.0179. The summed E-state index contributed by atoms with van der Waals surface area (Å²) in [6.45, 7) is 1.38. The minimum atomic E-state index is -0.909. The average molecular weight is 394 g/mol. The first-order valence-corrected chi connectivity index (χ1v) is 9.42. The van der Waals surface area contributed by atoms with E-state index in [1.54, 1.807) is 6.92 Å². The van der Waals surface area contributed by atoms with Crippen molar-refractivity contribution in [2.75, 3.05) is 0 Å². The number of benzene rings is 2. The van der Waals surface area contributed by atoms with Crippen molar-refractivity contribution in [3.63, 3.8) is 0 Å². The molecule has 3 N–H and O–H groups in total. The molecule has 4 rings (SSSR count). The van der Waals surface area contributed by atoms with E-state index >= 15 is 0 Å². The van der Waals surface area contributed by atoms with Crippen LogP contribution in [0.4, 0.5) is 0 Å². The van der Waals surface area contributed by atoms with Gasteiger partial charge in [-0.25, -0.2) is 0 Å². The van der Waals surface area contributed by atoms with Crippen LogP contribution in [0.2, 0.25) is 0 Å². The van der Waals surface area contributed by atoms with Crippen LogP contribution in [-0.2, 0) is 13.0 Å². The number of aromatic hydroxyl groups is 1. The standard InChI is InChI=1S/C23H22O6/c1-23(9-5-8-14-6-3-2-4-7-14)20(26)11-16-18(29-23)12-19-21(22(16)27)17(25)10-15(13-24)28-19/h2-8,10,12,20,24,26-27H,9,11,13H2,1H3. The average Bonchev–Trinajstić information content (AvgIpc) is 2.70. The summed E-state index contributed by atoms with van der Waals surface area (Å²) in [6, 6.07) is 12.5. The molecule has 2 heterocycles. The lowest BCUT2D eigenvalue weighted by Gasteiger charge is -2.39. The van der Waals surface area contributed by atoms with Gasteiger partial charge in [-0.05, 0) is 12.5 Å². The SMILES string of the molecule is CC1(CC=Cc2ccccc2)Oc2cc3oc(CO)cc(=O)c3c(O)c2CC1O. The summed E-state index contributed by atoms with van der Waals surface area (Å²) in [6.07, 6.45) is 3.62. The summed E-state index contributed by atoms with van der Waals surface area (Å²) in [5.41, 5.74) is 0.190. The predicted octanol–water partition coefficient (Wildman–Crippen LogP) is 3.15. The van der Waals surface area contributed by atoms with Gasteiger partial charge >= 0.3 is 0 Å². The zero-order valence-corrected chi connectivity index (χ0v) is 16.0. The molecule has 150 valence electrons. The van der Waals surface area contributed by atoms with Crippen LogP contribution in [0.15, 0.2) is 57.8 Å². The maximum Gasteiger partial charge on any atom is 0.196 e. The van der Waals surface area contributed by atoms with Gasteiger partial charge in [-0.2, -0.15) is 0 Å². The molecule has 3 aromatic rings. The Morgan fingerprint density at radius 2 is 2.00 bits per heavy atom. The van der Waals surface area contributed by atoms with Gasteiger partial charge in [0.2, 0.25) is 0 Å². The molecule has 6 heteroatoms. The predicted molar refractivity (Wildman–Crippen MR) is 109 cm³/mol. The molecule has 0 spiro atoms. The number of fused-ring (bicyclic) bond motifs is 2. The van der Waals surface area contributed by atoms with Gasteiger partial charge in [0.15, 0.2) is 5.43 Å². The first kappa shape index (κ1) is 19.2. The van der Waals surface area contributed by atoms with E-state index in [1.165, 1.54) is 6.07 Å². The largest absolute Gasteiger partial charge is 0.507 e. The number of hydrogen-bond donors (Lipinski definition) is 3. The second-order valence-corrected chi connectivity index (χ2v) is 7.46. The zero-order chi connectivity index (χ0) is 20.6. The normalized spacial score (nSPS) is 21.3.